The third-order valence-corrected chi connectivity index (χ3v) is 2.78. The molecule has 0 radical (unpaired) electrons. The molecule has 1 aliphatic heterocycles. The zero-order chi connectivity index (χ0) is 10.8. The number of carbonyl (C=O) groups excluding carboxylic acids is 1. The highest BCUT2D eigenvalue weighted by Gasteiger charge is 2.29. The molecule has 0 aliphatic carbocycles. The Morgan fingerprint density at radius 1 is 1.64 bits per heavy atom. The van der Waals surface area contributed by atoms with Gasteiger partial charge in [-0.05, 0) is 33.6 Å². The van der Waals surface area contributed by atoms with E-state index in [1.165, 1.54) is 0 Å². The number of hydrogen-bond acceptors (Lipinski definition) is 2. The van der Waals surface area contributed by atoms with E-state index in [9.17, 15) is 4.79 Å². The zero-order valence-corrected chi connectivity index (χ0v) is 10.6. The average molecular weight is 264 g/mol. The smallest absolute Gasteiger partial charge is 0.236 e. The van der Waals surface area contributed by atoms with Crippen LogP contribution in [0.15, 0.2) is 0 Å². The van der Waals surface area contributed by atoms with E-state index in [-0.39, 0.29) is 18.1 Å². The van der Waals surface area contributed by atoms with Crippen molar-refractivity contribution in [2.75, 3.05) is 6.61 Å². The van der Waals surface area contributed by atoms with E-state index in [0.29, 0.717) is 0 Å². The topological polar surface area (TPSA) is 38.3 Å². The fraction of sp³-hybridized carbons (Fsp3) is 0.900. The Labute approximate surface area is 93.7 Å². The largest absolute Gasteiger partial charge is 0.376 e. The van der Waals surface area contributed by atoms with Crippen molar-refractivity contribution in [1.82, 2.24) is 5.32 Å². The van der Waals surface area contributed by atoms with Crippen LogP contribution in [0.5, 0.6) is 0 Å². The highest BCUT2D eigenvalue weighted by molar-refractivity contribution is 9.10. The van der Waals surface area contributed by atoms with Gasteiger partial charge < -0.3 is 10.1 Å². The normalized spacial score (nSPS) is 24.7. The van der Waals surface area contributed by atoms with Gasteiger partial charge >= 0.3 is 0 Å². The van der Waals surface area contributed by atoms with Gasteiger partial charge in [0.25, 0.3) is 0 Å². The maximum Gasteiger partial charge on any atom is 0.236 e. The van der Waals surface area contributed by atoms with Gasteiger partial charge in [0.1, 0.15) is 0 Å². The van der Waals surface area contributed by atoms with E-state index in [1.54, 1.807) is 0 Å². The molecule has 1 fully saturated rings. The number of alkyl halides is 1. The summed E-state index contributed by atoms with van der Waals surface area (Å²) in [5.74, 6) is 0.0144. The monoisotopic (exact) mass is 263 g/mol. The lowest BCUT2D eigenvalue weighted by molar-refractivity contribution is -0.124. The van der Waals surface area contributed by atoms with Crippen LogP contribution in [0.3, 0.4) is 0 Å². The summed E-state index contributed by atoms with van der Waals surface area (Å²) in [6, 6.07) is 0.0989. The molecule has 0 bridgehead atoms. The molecule has 0 spiro atoms. The average Bonchev–Trinajstić information content (AvgIpc) is 2.53. The van der Waals surface area contributed by atoms with E-state index < -0.39 is 4.32 Å². The summed E-state index contributed by atoms with van der Waals surface area (Å²) in [6.07, 6.45) is 2.33. The summed E-state index contributed by atoms with van der Waals surface area (Å²) in [5, 5.41) is 2.95. The summed E-state index contributed by atoms with van der Waals surface area (Å²) in [5.41, 5.74) is 0. The Bertz CT molecular complexity index is 207. The van der Waals surface area contributed by atoms with Crippen LogP contribution < -0.4 is 5.32 Å². The van der Waals surface area contributed by atoms with Crippen LogP contribution in [0, 0.1) is 0 Å². The van der Waals surface area contributed by atoms with Crippen molar-refractivity contribution in [3.8, 4) is 0 Å². The van der Waals surface area contributed by atoms with E-state index in [0.717, 1.165) is 19.4 Å². The van der Waals surface area contributed by atoms with Crippen molar-refractivity contribution >= 4 is 21.8 Å². The Hall–Kier alpha value is -0.0900. The van der Waals surface area contributed by atoms with Gasteiger partial charge in [0.2, 0.25) is 5.91 Å². The Morgan fingerprint density at radius 3 is 2.71 bits per heavy atom. The minimum absolute atomic E-state index is 0.0144. The van der Waals surface area contributed by atoms with E-state index in [4.69, 9.17) is 4.74 Å². The summed E-state index contributed by atoms with van der Waals surface area (Å²) in [4.78, 5) is 11.6. The van der Waals surface area contributed by atoms with Gasteiger partial charge in [-0.25, -0.2) is 0 Å². The third kappa shape index (κ3) is 3.24. The highest BCUT2D eigenvalue weighted by atomic mass is 79.9. The number of nitrogens with one attached hydrogen (secondary N) is 1. The second kappa shape index (κ2) is 4.62. The summed E-state index contributed by atoms with van der Waals surface area (Å²) >= 11 is 3.33. The Balaban J connectivity index is 2.39. The quantitative estimate of drug-likeness (QED) is 0.790. The van der Waals surface area contributed by atoms with Gasteiger partial charge in [0.15, 0.2) is 0 Å². The second-order valence-corrected chi connectivity index (χ2v) is 6.27. The number of halogens is 1. The zero-order valence-electron chi connectivity index (χ0n) is 8.97. The van der Waals surface area contributed by atoms with Crippen LogP contribution >= 0.6 is 15.9 Å². The van der Waals surface area contributed by atoms with Crippen LogP contribution in [-0.4, -0.2) is 29.0 Å². The highest BCUT2D eigenvalue weighted by Crippen LogP contribution is 2.19. The molecule has 2 atom stereocenters. The molecule has 14 heavy (non-hydrogen) atoms. The number of ether oxygens (including phenoxy) is 1. The summed E-state index contributed by atoms with van der Waals surface area (Å²) in [7, 11) is 0. The van der Waals surface area contributed by atoms with Crippen molar-refractivity contribution in [1.29, 1.82) is 0 Å². The molecule has 2 unspecified atom stereocenters. The van der Waals surface area contributed by atoms with E-state index in [2.05, 4.69) is 21.2 Å². The fourth-order valence-corrected chi connectivity index (χ4v) is 1.58. The van der Waals surface area contributed by atoms with Crippen molar-refractivity contribution in [3.63, 3.8) is 0 Å². The van der Waals surface area contributed by atoms with Crippen LogP contribution in [0.2, 0.25) is 0 Å². The molecular weight excluding hydrogens is 246 g/mol. The van der Waals surface area contributed by atoms with Gasteiger partial charge in [-0.15, -0.1) is 0 Å². The standard InChI is InChI=1S/C10H18BrNO2/c1-7(8-5-4-6-14-8)12-9(13)10(2,3)11/h7-8H,4-6H2,1-3H3,(H,12,13). The first-order valence-corrected chi connectivity index (χ1v) is 5.82. The van der Waals surface area contributed by atoms with E-state index >= 15 is 0 Å². The van der Waals surface area contributed by atoms with Gasteiger partial charge in [0, 0.05) is 6.61 Å². The number of carbonyl (C=O) groups is 1. The first-order chi connectivity index (χ1) is 6.41. The maximum atomic E-state index is 11.6. The molecular formula is C10H18BrNO2. The third-order valence-electron chi connectivity index (χ3n) is 2.42. The van der Waals surface area contributed by atoms with Crippen molar-refractivity contribution in [3.05, 3.63) is 0 Å². The molecule has 0 aromatic rings. The van der Waals surface area contributed by atoms with Gasteiger partial charge in [-0.3, -0.25) is 4.79 Å². The first-order valence-electron chi connectivity index (χ1n) is 5.03. The Morgan fingerprint density at radius 2 is 2.29 bits per heavy atom. The molecule has 1 aliphatic rings. The maximum absolute atomic E-state index is 11.6. The summed E-state index contributed by atoms with van der Waals surface area (Å²) < 4.78 is 5.00. The SMILES string of the molecule is CC(NC(=O)C(C)(C)Br)C1CCCO1. The lowest BCUT2D eigenvalue weighted by Gasteiger charge is -2.24. The molecule has 0 saturated carbocycles. The molecule has 1 saturated heterocycles. The minimum atomic E-state index is -0.500. The second-order valence-electron chi connectivity index (χ2n) is 4.29. The lowest BCUT2D eigenvalue weighted by Crippen LogP contribution is -2.47. The van der Waals surface area contributed by atoms with E-state index in [1.807, 2.05) is 20.8 Å². The Kier molecular flexibility index (Phi) is 3.95. The fourth-order valence-electron chi connectivity index (χ4n) is 1.47. The molecule has 1 N–H and O–H groups in total. The number of amides is 1. The van der Waals surface area contributed by atoms with Crippen molar-refractivity contribution in [2.45, 2.75) is 50.1 Å². The van der Waals surface area contributed by atoms with Gasteiger partial charge in [-0.1, -0.05) is 15.9 Å². The molecule has 1 heterocycles. The molecule has 1 amide bonds. The molecule has 0 aromatic heterocycles. The number of rotatable bonds is 3. The predicted octanol–water partition coefficient (Wildman–Crippen LogP) is 1.84. The van der Waals surface area contributed by atoms with Gasteiger partial charge in [0.05, 0.1) is 16.5 Å². The predicted molar refractivity (Wildman–Crippen MR) is 59.6 cm³/mol. The van der Waals surface area contributed by atoms with Crippen molar-refractivity contribution < 1.29 is 9.53 Å². The summed E-state index contributed by atoms with van der Waals surface area (Å²) in [6.45, 7) is 6.49. The molecule has 1 rings (SSSR count). The molecule has 4 heteroatoms. The lowest BCUT2D eigenvalue weighted by atomic mass is 10.1. The molecule has 82 valence electrons. The van der Waals surface area contributed by atoms with Crippen LogP contribution in [0.4, 0.5) is 0 Å². The first kappa shape index (κ1) is 12.0. The van der Waals surface area contributed by atoms with Crippen LogP contribution in [0.1, 0.15) is 33.6 Å². The molecule has 3 nitrogen and oxygen atoms in total. The van der Waals surface area contributed by atoms with Crippen LogP contribution in [-0.2, 0) is 9.53 Å². The van der Waals surface area contributed by atoms with Gasteiger partial charge in [-0.2, -0.15) is 0 Å². The number of hydrogen-bond donors (Lipinski definition) is 1. The molecule has 0 aromatic carbocycles. The minimum Gasteiger partial charge on any atom is -0.376 e. The van der Waals surface area contributed by atoms with Crippen molar-refractivity contribution in [2.24, 2.45) is 0 Å². The van der Waals surface area contributed by atoms with Crippen LogP contribution in [0.25, 0.3) is 0 Å².